The van der Waals surface area contributed by atoms with Crippen molar-refractivity contribution in [3.63, 3.8) is 0 Å². The summed E-state index contributed by atoms with van der Waals surface area (Å²) in [6.45, 7) is 10.1. The van der Waals surface area contributed by atoms with Gasteiger partial charge in [0.15, 0.2) is 11.5 Å². The molecule has 0 aliphatic rings. The van der Waals surface area contributed by atoms with E-state index in [1.54, 1.807) is 17.6 Å². The van der Waals surface area contributed by atoms with Crippen LogP contribution >= 0.6 is 0 Å². The molecule has 2 aromatic heterocycles. The predicted octanol–water partition coefficient (Wildman–Crippen LogP) is 4.56. The lowest BCUT2D eigenvalue weighted by Gasteiger charge is -2.06. The van der Waals surface area contributed by atoms with E-state index < -0.39 is 5.97 Å². The van der Waals surface area contributed by atoms with E-state index in [9.17, 15) is 4.79 Å². The summed E-state index contributed by atoms with van der Waals surface area (Å²) in [6, 6.07) is 13.4. The van der Waals surface area contributed by atoms with Gasteiger partial charge in [-0.25, -0.2) is 9.78 Å². The average molecular weight is 354 g/mol. The van der Waals surface area contributed by atoms with E-state index in [1.165, 1.54) is 12.5 Å². The van der Waals surface area contributed by atoms with Gasteiger partial charge in [-0.1, -0.05) is 58.0 Å². The van der Waals surface area contributed by atoms with Gasteiger partial charge >= 0.3 is 5.97 Å². The third kappa shape index (κ3) is 5.24. The van der Waals surface area contributed by atoms with E-state index in [4.69, 9.17) is 4.74 Å². The van der Waals surface area contributed by atoms with Gasteiger partial charge in [0, 0.05) is 5.56 Å². The minimum Gasteiger partial charge on any atom is -0.461 e. The molecule has 26 heavy (non-hydrogen) atoms. The number of carbonyl (C=O) groups is 1. The maximum absolute atomic E-state index is 11.9. The Morgan fingerprint density at radius 1 is 1.00 bits per heavy atom. The summed E-state index contributed by atoms with van der Waals surface area (Å²) < 4.78 is 6.55. The van der Waals surface area contributed by atoms with Crippen LogP contribution in [0.25, 0.3) is 17.1 Å². The van der Waals surface area contributed by atoms with E-state index in [2.05, 4.69) is 15.2 Å². The third-order valence-electron chi connectivity index (χ3n) is 3.09. The highest BCUT2D eigenvalue weighted by atomic mass is 16.5. The molecular weight excluding hydrogens is 328 g/mol. The van der Waals surface area contributed by atoms with E-state index in [1.807, 2.05) is 64.1 Å². The summed E-state index contributed by atoms with van der Waals surface area (Å²) >= 11 is 0. The molecule has 6 nitrogen and oxygen atoms in total. The van der Waals surface area contributed by atoms with Crippen molar-refractivity contribution >= 4 is 5.97 Å². The second kappa shape index (κ2) is 11.5. The van der Waals surface area contributed by atoms with Gasteiger partial charge in [0.25, 0.3) is 0 Å². The van der Waals surface area contributed by atoms with E-state index in [0.717, 1.165) is 11.3 Å². The van der Waals surface area contributed by atoms with Crippen LogP contribution in [0.2, 0.25) is 0 Å². The Hall–Kier alpha value is -3.02. The van der Waals surface area contributed by atoms with Gasteiger partial charge in [0.2, 0.25) is 0 Å². The molecule has 0 amide bonds. The van der Waals surface area contributed by atoms with Crippen LogP contribution < -0.4 is 0 Å². The highest BCUT2D eigenvalue weighted by Gasteiger charge is 2.15. The Kier molecular flexibility index (Phi) is 9.31. The number of hydrogen-bond donors (Lipinski definition) is 0. The fourth-order valence-electron chi connectivity index (χ4n) is 2.05. The zero-order valence-corrected chi connectivity index (χ0v) is 16.0. The molecule has 0 aliphatic carbocycles. The highest BCUT2D eigenvalue weighted by Crippen LogP contribution is 2.17. The summed E-state index contributed by atoms with van der Waals surface area (Å²) in [5.41, 5.74) is 2.07. The van der Waals surface area contributed by atoms with Gasteiger partial charge in [0.05, 0.1) is 18.5 Å². The largest absolute Gasteiger partial charge is 0.461 e. The van der Waals surface area contributed by atoms with Crippen molar-refractivity contribution in [1.29, 1.82) is 0 Å². The Morgan fingerprint density at radius 3 is 2.27 bits per heavy atom. The van der Waals surface area contributed by atoms with Crippen LogP contribution in [0.1, 0.15) is 45.1 Å². The molecule has 0 saturated heterocycles. The van der Waals surface area contributed by atoms with Crippen LogP contribution in [0.3, 0.4) is 0 Å². The van der Waals surface area contributed by atoms with Crippen LogP contribution in [0, 0.1) is 0 Å². The van der Waals surface area contributed by atoms with Gasteiger partial charge in [0.1, 0.15) is 6.33 Å². The maximum Gasteiger partial charge on any atom is 0.357 e. The van der Waals surface area contributed by atoms with Crippen molar-refractivity contribution in [2.75, 3.05) is 6.61 Å². The Morgan fingerprint density at radius 2 is 1.69 bits per heavy atom. The molecule has 138 valence electrons. The summed E-state index contributed by atoms with van der Waals surface area (Å²) in [5.74, 6) is 0.0779. The normalized spacial score (nSPS) is 9.27. The molecule has 2 heterocycles. The van der Waals surface area contributed by atoms with Crippen molar-refractivity contribution < 1.29 is 9.53 Å². The van der Waals surface area contributed by atoms with Crippen molar-refractivity contribution in [2.24, 2.45) is 0 Å². The van der Waals surface area contributed by atoms with Crippen LogP contribution in [-0.2, 0) is 4.74 Å². The first-order valence-electron chi connectivity index (χ1n) is 8.88. The maximum atomic E-state index is 11.9. The quantitative estimate of drug-likeness (QED) is 0.642. The molecule has 3 rings (SSSR count). The van der Waals surface area contributed by atoms with Gasteiger partial charge in [-0.15, -0.1) is 10.2 Å². The predicted molar refractivity (Wildman–Crippen MR) is 103 cm³/mol. The summed E-state index contributed by atoms with van der Waals surface area (Å²) in [5, 5.41) is 8.37. The summed E-state index contributed by atoms with van der Waals surface area (Å²) in [6.07, 6.45) is 2.96. The van der Waals surface area contributed by atoms with Gasteiger partial charge in [-0.05, 0) is 19.1 Å². The zero-order chi connectivity index (χ0) is 19.4. The number of ether oxygens (including phenoxy) is 1. The van der Waals surface area contributed by atoms with Gasteiger partial charge < -0.3 is 4.74 Å². The molecule has 0 saturated carbocycles. The van der Waals surface area contributed by atoms with Crippen LogP contribution in [0.15, 0.2) is 55.0 Å². The molecule has 3 aromatic rings. The molecule has 6 heteroatoms. The fraction of sp³-hybridized carbons (Fsp3) is 0.300. The molecular formula is C20H26N4O2. The number of carbonyl (C=O) groups excluding carboxylic acids is 1. The Balaban J connectivity index is 0.000000791. The summed E-state index contributed by atoms with van der Waals surface area (Å²) in [7, 11) is 0. The smallest absolute Gasteiger partial charge is 0.357 e. The number of rotatable bonds is 4. The molecule has 0 fully saturated rings. The molecule has 0 atom stereocenters. The van der Waals surface area contributed by atoms with Crippen LogP contribution in [0.5, 0.6) is 0 Å². The van der Waals surface area contributed by atoms with Gasteiger partial charge in [-0.2, -0.15) is 0 Å². The number of aromatic nitrogens is 4. The number of hydrogen-bond acceptors (Lipinski definition) is 5. The molecule has 0 radical (unpaired) electrons. The van der Waals surface area contributed by atoms with Crippen molar-refractivity contribution in [3.05, 3.63) is 60.7 Å². The molecule has 1 aromatic carbocycles. The SMILES string of the molecule is CC.CC.CCOC(=O)c1cncn1-c1ccc(-c2ccccc2)nn1. The van der Waals surface area contributed by atoms with Crippen LogP contribution in [0.4, 0.5) is 0 Å². The second-order valence-corrected chi connectivity index (χ2v) is 4.51. The zero-order valence-electron chi connectivity index (χ0n) is 16.0. The Bertz CT molecular complexity index is 768. The molecule has 0 spiro atoms. The molecule has 0 aliphatic heterocycles. The minimum absolute atomic E-state index is 0.308. The lowest BCUT2D eigenvalue weighted by atomic mass is 10.1. The van der Waals surface area contributed by atoms with E-state index in [-0.39, 0.29) is 0 Å². The first kappa shape index (κ1) is 21.0. The minimum atomic E-state index is -0.436. The topological polar surface area (TPSA) is 69.9 Å². The van der Waals surface area contributed by atoms with Gasteiger partial charge in [-0.3, -0.25) is 4.57 Å². The van der Waals surface area contributed by atoms with E-state index in [0.29, 0.717) is 18.1 Å². The van der Waals surface area contributed by atoms with Crippen LogP contribution in [-0.4, -0.2) is 32.3 Å². The molecule has 0 bridgehead atoms. The average Bonchev–Trinajstić information content (AvgIpc) is 3.22. The Labute approximate surface area is 154 Å². The first-order valence-corrected chi connectivity index (χ1v) is 8.88. The lowest BCUT2D eigenvalue weighted by molar-refractivity contribution is 0.0517. The monoisotopic (exact) mass is 354 g/mol. The number of imidazole rings is 1. The number of benzene rings is 1. The fourth-order valence-corrected chi connectivity index (χ4v) is 2.05. The number of esters is 1. The number of nitrogens with zero attached hydrogens (tertiary/aromatic N) is 4. The highest BCUT2D eigenvalue weighted by molar-refractivity contribution is 5.87. The van der Waals surface area contributed by atoms with E-state index >= 15 is 0 Å². The van der Waals surface area contributed by atoms with Crippen molar-refractivity contribution in [3.8, 4) is 17.1 Å². The third-order valence-corrected chi connectivity index (χ3v) is 3.09. The lowest BCUT2D eigenvalue weighted by Crippen LogP contribution is -2.11. The molecule has 0 N–H and O–H groups in total. The summed E-state index contributed by atoms with van der Waals surface area (Å²) in [4.78, 5) is 15.8. The second-order valence-electron chi connectivity index (χ2n) is 4.51. The van der Waals surface area contributed by atoms with Crippen molar-refractivity contribution in [2.45, 2.75) is 34.6 Å². The first-order chi connectivity index (χ1) is 12.8. The molecule has 0 unspecified atom stereocenters. The van der Waals surface area contributed by atoms with Crippen molar-refractivity contribution in [1.82, 2.24) is 19.7 Å². The standard InChI is InChI=1S/C16H14N4O2.2C2H6/c1-2-22-16(21)14-10-17-11-20(14)15-9-8-13(18-19-15)12-6-4-3-5-7-12;2*1-2/h3-11H,2H2,1H3;2*1-2H3.